The lowest BCUT2D eigenvalue weighted by Gasteiger charge is -2.08. The Morgan fingerprint density at radius 3 is 2.32 bits per heavy atom. The number of anilines is 3. The van der Waals surface area contributed by atoms with Crippen molar-refractivity contribution in [1.82, 2.24) is 10.2 Å². The molecule has 7 heteroatoms. The summed E-state index contributed by atoms with van der Waals surface area (Å²) in [4.78, 5) is 23.6. The molecule has 0 atom stereocenters. The first kappa shape index (κ1) is 19.0. The molecule has 0 saturated carbocycles. The van der Waals surface area contributed by atoms with E-state index in [0.29, 0.717) is 17.2 Å². The van der Waals surface area contributed by atoms with Crippen LogP contribution in [0.1, 0.15) is 21.5 Å². The van der Waals surface area contributed by atoms with Gasteiger partial charge in [0.1, 0.15) is 0 Å². The van der Waals surface area contributed by atoms with Crippen LogP contribution in [-0.4, -0.2) is 29.2 Å². The number of carbonyl (C=O) groups excluding carboxylic acids is 2. The highest BCUT2D eigenvalue weighted by Crippen LogP contribution is 2.16. The maximum atomic E-state index is 12.1. The highest BCUT2D eigenvalue weighted by molar-refractivity contribution is 5.91. The Morgan fingerprint density at radius 2 is 1.68 bits per heavy atom. The van der Waals surface area contributed by atoms with E-state index in [-0.39, 0.29) is 12.3 Å². The molecule has 0 spiro atoms. The van der Waals surface area contributed by atoms with Crippen LogP contribution in [0.3, 0.4) is 0 Å². The summed E-state index contributed by atoms with van der Waals surface area (Å²) in [6.45, 7) is 1.99. The number of methoxy groups -OCH3 is 1. The Hall–Kier alpha value is -3.74. The fourth-order valence-corrected chi connectivity index (χ4v) is 2.62. The first-order valence-electron chi connectivity index (χ1n) is 8.68. The number of carbonyl (C=O) groups is 2. The summed E-state index contributed by atoms with van der Waals surface area (Å²) in [7, 11) is 1.34. The number of esters is 1. The number of aromatic nitrogens is 2. The second kappa shape index (κ2) is 8.77. The van der Waals surface area contributed by atoms with Gasteiger partial charge in [0.05, 0.1) is 19.1 Å². The number of aryl methyl sites for hydroxylation is 1. The topological polar surface area (TPSA) is 93.2 Å². The standard InChI is InChI=1S/C21H20N4O3/c1-14-4-3-5-15(12-14)13-20(26)23-19-11-10-18(24-25-19)22-17-8-6-16(7-9-17)21(27)28-2/h3-12H,13H2,1-2H3,(H,22,24)(H,23,25,26). The van der Waals surface area contributed by atoms with Crippen molar-refractivity contribution in [2.75, 3.05) is 17.7 Å². The molecule has 1 amide bonds. The summed E-state index contributed by atoms with van der Waals surface area (Å²) in [6, 6.07) is 18.0. The molecule has 2 aromatic carbocycles. The molecule has 0 fully saturated rings. The minimum atomic E-state index is -0.392. The quantitative estimate of drug-likeness (QED) is 0.640. The van der Waals surface area contributed by atoms with Gasteiger partial charge in [-0.15, -0.1) is 10.2 Å². The molecule has 28 heavy (non-hydrogen) atoms. The summed E-state index contributed by atoms with van der Waals surface area (Å²) in [5.41, 5.74) is 3.27. The van der Waals surface area contributed by atoms with E-state index < -0.39 is 5.97 Å². The summed E-state index contributed by atoms with van der Waals surface area (Å²) >= 11 is 0. The number of ether oxygens (including phenoxy) is 1. The number of benzene rings is 2. The van der Waals surface area contributed by atoms with Gasteiger partial charge in [-0.2, -0.15) is 0 Å². The third-order valence-corrected chi connectivity index (χ3v) is 3.96. The first-order chi connectivity index (χ1) is 13.5. The smallest absolute Gasteiger partial charge is 0.337 e. The molecule has 0 bridgehead atoms. The average Bonchev–Trinajstić information content (AvgIpc) is 2.69. The molecule has 0 unspecified atom stereocenters. The van der Waals surface area contributed by atoms with Gasteiger partial charge in [0.2, 0.25) is 5.91 Å². The molecule has 0 radical (unpaired) electrons. The van der Waals surface area contributed by atoms with E-state index >= 15 is 0 Å². The van der Waals surface area contributed by atoms with Crippen molar-refractivity contribution in [3.05, 3.63) is 77.4 Å². The van der Waals surface area contributed by atoms with Gasteiger partial charge in [0, 0.05) is 5.69 Å². The minimum Gasteiger partial charge on any atom is -0.465 e. The Labute approximate surface area is 162 Å². The lowest BCUT2D eigenvalue weighted by Crippen LogP contribution is -2.15. The third kappa shape index (κ3) is 5.14. The van der Waals surface area contributed by atoms with E-state index in [4.69, 9.17) is 0 Å². The molecule has 0 saturated heterocycles. The minimum absolute atomic E-state index is 0.154. The van der Waals surface area contributed by atoms with Crippen molar-refractivity contribution in [2.45, 2.75) is 13.3 Å². The average molecular weight is 376 g/mol. The third-order valence-electron chi connectivity index (χ3n) is 3.96. The molecule has 1 aromatic heterocycles. The van der Waals surface area contributed by atoms with Crippen molar-refractivity contribution >= 4 is 29.2 Å². The Balaban J connectivity index is 1.57. The number of nitrogens with one attached hydrogen (secondary N) is 2. The zero-order chi connectivity index (χ0) is 19.9. The molecule has 0 aliphatic heterocycles. The van der Waals surface area contributed by atoms with Crippen molar-refractivity contribution in [3.63, 3.8) is 0 Å². The number of nitrogens with zero attached hydrogens (tertiary/aromatic N) is 2. The van der Waals surface area contributed by atoms with Gasteiger partial charge < -0.3 is 15.4 Å². The van der Waals surface area contributed by atoms with E-state index in [0.717, 1.165) is 16.8 Å². The van der Waals surface area contributed by atoms with Crippen molar-refractivity contribution in [3.8, 4) is 0 Å². The molecule has 7 nitrogen and oxygen atoms in total. The first-order valence-corrected chi connectivity index (χ1v) is 8.68. The predicted octanol–water partition coefficient (Wildman–Crippen LogP) is 3.50. The van der Waals surface area contributed by atoms with Gasteiger partial charge in [-0.3, -0.25) is 4.79 Å². The van der Waals surface area contributed by atoms with Gasteiger partial charge in [0.15, 0.2) is 11.6 Å². The van der Waals surface area contributed by atoms with Gasteiger partial charge >= 0.3 is 5.97 Å². The van der Waals surface area contributed by atoms with Gasteiger partial charge in [0.25, 0.3) is 0 Å². The molecular weight excluding hydrogens is 356 g/mol. The normalized spacial score (nSPS) is 10.2. The van der Waals surface area contributed by atoms with Crippen molar-refractivity contribution in [2.24, 2.45) is 0 Å². The van der Waals surface area contributed by atoms with Crippen LogP contribution in [0.15, 0.2) is 60.7 Å². The van der Waals surface area contributed by atoms with Crippen LogP contribution in [0, 0.1) is 6.92 Å². The van der Waals surface area contributed by atoms with Gasteiger partial charge in [-0.05, 0) is 48.9 Å². The van der Waals surface area contributed by atoms with Crippen molar-refractivity contribution in [1.29, 1.82) is 0 Å². The van der Waals surface area contributed by atoms with Gasteiger partial charge in [-0.25, -0.2) is 4.79 Å². The van der Waals surface area contributed by atoms with Crippen LogP contribution in [0.25, 0.3) is 0 Å². The lowest BCUT2D eigenvalue weighted by molar-refractivity contribution is -0.115. The number of hydrogen-bond donors (Lipinski definition) is 2. The maximum Gasteiger partial charge on any atom is 0.337 e. The SMILES string of the molecule is COC(=O)c1ccc(Nc2ccc(NC(=O)Cc3cccc(C)c3)nn2)cc1. The van der Waals surface area contributed by atoms with Crippen molar-refractivity contribution < 1.29 is 14.3 Å². The highest BCUT2D eigenvalue weighted by Gasteiger charge is 2.07. The second-order valence-corrected chi connectivity index (χ2v) is 6.21. The number of hydrogen-bond acceptors (Lipinski definition) is 6. The molecular formula is C21H20N4O3. The monoisotopic (exact) mass is 376 g/mol. The summed E-state index contributed by atoms with van der Waals surface area (Å²) in [6.07, 6.45) is 0.274. The van der Waals surface area contributed by atoms with Crippen LogP contribution in [0.4, 0.5) is 17.3 Å². The largest absolute Gasteiger partial charge is 0.465 e. The van der Waals surface area contributed by atoms with Crippen LogP contribution in [-0.2, 0) is 16.0 Å². The fraction of sp³-hybridized carbons (Fsp3) is 0.143. The van der Waals surface area contributed by atoms with Crippen LogP contribution in [0.2, 0.25) is 0 Å². The molecule has 3 rings (SSSR count). The Morgan fingerprint density at radius 1 is 0.964 bits per heavy atom. The summed E-state index contributed by atoms with van der Waals surface area (Å²) in [5.74, 6) is 0.350. The molecule has 0 aliphatic rings. The molecule has 3 aromatic rings. The van der Waals surface area contributed by atoms with E-state index in [1.54, 1.807) is 36.4 Å². The van der Waals surface area contributed by atoms with Gasteiger partial charge in [-0.1, -0.05) is 29.8 Å². The molecule has 0 aliphatic carbocycles. The summed E-state index contributed by atoms with van der Waals surface area (Å²) in [5, 5.41) is 13.9. The zero-order valence-electron chi connectivity index (χ0n) is 15.6. The molecule has 2 N–H and O–H groups in total. The molecule has 142 valence electrons. The van der Waals surface area contributed by atoms with E-state index in [1.165, 1.54) is 7.11 Å². The Bertz CT molecular complexity index is 970. The van der Waals surface area contributed by atoms with Crippen LogP contribution in [0.5, 0.6) is 0 Å². The molecule has 1 heterocycles. The van der Waals surface area contributed by atoms with E-state index in [9.17, 15) is 9.59 Å². The number of rotatable bonds is 6. The fourth-order valence-electron chi connectivity index (χ4n) is 2.62. The Kier molecular flexibility index (Phi) is 5.96. The zero-order valence-corrected chi connectivity index (χ0v) is 15.6. The predicted molar refractivity (Wildman–Crippen MR) is 107 cm³/mol. The van der Waals surface area contributed by atoms with E-state index in [1.807, 2.05) is 31.2 Å². The summed E-state index contributed by atoms with van der Waals surface area (Å²) < 4.78 is 4.67. The maximum absolute atomic E-state index is 12.1. The van der Waals surface area contributed by atoms with Crippen LogP contribution >= 0.6 is 0 Å². The lowest BCUT2D eigenvalue weighted by atomic mass is 10.1. The highest BCUT2D eigenvalue weighted by atomic mass is 16.5. The van der Waals surface area contributed by atoms with Crippen LogP contribution < -0.4 is 10.6 Å². The van der Waals surface area contributed by atoms with E-state index in [2.05, 4.69) is 25.6 Å². The number of amides is 1. The second-order valence-electron chi connectivity index (χ2n) is 6.21.